The molecule has 1 aliphatic heterocycles. The van der Waals surface area contributed by atoms with Crippen LogP contribution in [0, 0.1) is 5.92 Å². The number of likely N-dealkylation sites (tertiary alicyclic amines) is 1. The van der Waals surface area contributed by atoms with Crippen LogP contribution >= 0.6 is 0 Å². The SMILES string of the molecule is CN1C(=O)C[C@H](CNC(=O)c2ccc3nc[nH]c3c2)[C@H]1c1ccccc1. The Labute approximate surface area is 151 Å². The van der Waals surface area contributed by atoms with Gasteiger partial charge in [0.1, 0.15) is 0 Å². The smallest absolute Gasteiger partial charge is 0.251 e. The van der Waals surface area contributed by atoms with Gasteiger partial charge in [-0.05, 0) is 23.8 Å². The van der Waals surface area contributed by atoms with Gasteiger partial charge in [0.25, 0.3) is 5.91 Å². The lowest BCUT2D eigenvalue weighted by Crippen LogP contribution is -2.32. The Morgan fingerprint density at radius 3 is 2.88 bits per heavy atom. The molecule has 3 aromatic rings. The van der Waals surface area contributed by atoms with E-state index in [1.807, 2.05) is 43.4 Å². The van der Waals surface area contributed by atoms with Crippen molar-refractivity contribution >= 4 is 22.8 Å². The summed E-state index contributed by atoms with van der Waals surface area (Å²) in [7, 11) is 1.83. The van der Waals surface area contributed by atoms with Crippen molar-refractivity contribution in [1.29, 1.82) is 0 Å². The van der Waals surface area contributed by atoms with Gasteiger partial charge in [-0.25, -0.2) is 4.98 Å². The highest BCUT2D eigenvalue weighted by Gasteiger charge is 2.38. The first kappa shape index (κ1) is 16.3. The van der Waals surface area contributed by atoms with Crippen LogP contribution < -0.4 is 5.32 Å². The Balaban J connectivity index is 1.48. The monoisotopic (exact) mass is 348 g/mol. The molecule has 2 amide bonds. The topological polar surface area (TPSA) is 78.1 Å². The molecule has 0 spiro atoms. The Hall–Kier alpha value is -3.15. The number of carbonyl (C=O) groups is 2. The van der Waals surface area contributed by atoms with Crippen LogP contribution in [-0.2, 0) is 4.79 Å². The summed E-state index contributed by atoms with van der Waals surface area (Å²) >= 11 is 0. The number of amides is 2. The summed E-state index contributed by atoms with van der Waals surface area (Å²) in [5.41, 5.74) is 3.33. The molecule has 1 fully saturated rings. The van der Waals surface area contributed by atoms with E-state index in [1.54, 1.807) is 23.4 Å². The third kappa shape index (κ3) is 2.94. The molecule has 6 nitrogen and oxygen atoms in total. The van der Waals surface area contributed by atoms with Crippen LogP contribution in [0.2, 0.25) is 0 Å². The molecule has 0 unspecified atom stereocenters. The van der Waals surface area contributed by atoms with Crippen molar-refractivity contribution in [1.82, 2.24) is 20.2 Å². The molecule has 2 N–H and O–H groups in total. The van der Waals surface area contributed by atoms with Gasteiger partial charge < -0.3 is 15.2 Å². The first-order chi connectivity index (χ1) is 12.6. The van der Waals surface area contributed by atoms with Gasteiger partial charge in [0.05, 0.1) is 23.4 Å². The van der Waals surface area contributed by atoms with Gasteiger partial charge >= 0.3 is 0 Å². The molecular weight excluding hydrogens is 328 g/mol. The van der Waals surface area contributed by atoms with E-state index >= 15 is 0 Å². The highest BCUT2D eigenvalue weighted by molar-refractivity contribution is 5.97. The Morgan fingerprint density at radius 2 is 2.08 bits per heavy atom. The maximum absolute atomic E-state index is 12.5. The lowest BCUT2D eigenvalue weighted by molar-refractivity contribution is -0.127. The summed E-state index contributed by atoms with van der Waals surface area (Å²) < 4.78 is 0. The van der Waals surface area contributed by atoms with Gasteiger partial charge in [0.15, 0.2) is 0 Å². The van der Waals surface area contributed by atoms with E-state index in [1.165, 1.54) is 0 Å². The highest BCUT2D eigenvalue weighted by atomic mass is 16.2. The Morgan fingerprint density at radius 1 is 1.27 bits per heavy atom. The molecule has 132 valence electrons. The van der Waals surface area contributed by atoms with E-state index in [9.17, 15) is 9.59 Å². The van der Waals surface area contributed by atoms with E-state index < -0.39 is 0 Å². The average Bonchev–Trinajstić information content (AvgIpc) is 3.24. The van der Waals surface area contributed by atoms with Crippen molar-refractivity contribution < 1.29 is 9.59 Å². The van der Waals surface area contributed by atoms with E-state index in [2.05, 4.69) is 15.3 Å². The van der Waals surface area contributed by atoms with Crippen molar-refractivity contribution in [2.24, 2.45) is 5.92 Å². The van der Waals surface area contributed by atoms with Gasteiger partial charge in [-0.1, -0.05) is 30.3 Å². The van der Waals surface area contributed by atoms with Gasteiger partial charge in [0.2, 0.25) is 5.91 Å². The minimum atomic E-state index is -0.143. The summed E-state index contributed by atoms with van der Waals surface area (Å²) in [6, 6.07) is 15.3. The van der Waals surface area contributed by atoms with Crippen LogP contribution in [-0.4, -0.2) is 40.3 Å². The average molecular weight is 348 g/mol. The molecule has 2 heterocycles. The van der Waals surface area contributed by atoms with Crippen molar-refractivity contribution in [2.45, 2.75) is 12.5 Å². The first-order valence-corrected chi connectivity index (χ1v) is 8.65. The molecule has 2 aromatic carbocycles. The molecule has 6 heteroatoms. The molecule has 0 bridgehead atoms. The number of aromatic amines is 1. The Kier molecular flexibility index (Phi) is 4.16. The standard InChI is InChI=1S/C20H20N4O2/c1-24-18(25)10-15(19(24)13-5-3-2-4-6-13)11-21-20(26)14-7-8-16-17(9-14)23-12-22-16/h2-9,12,15,19H,10-11H2,1H3,(H,21,26)(H,22,23)/t15-,19-/m1/s1. The number of H-pyrrole nitrogens is 1. The van der Waals surface area contributed by atoms with Crippen LogP contribution in [0.4, 0.5) is 0 Å². The largest absolute Gasteiger partial charge is 0.352 e. The van der Waals surface area contributed by atoms with Crippen molar-refractivity contribution in [3.8, 4) is 0 Å². The summed E-state index contributed by atoms with van der Waals surface area (Å²) in [4.78, 5) is 33.7. The molecule has 1 saturated heterocycles. The number of hydrogen-bond acceptors (Lipinski definition) is 3. The molecule has 4 rings (SSSR count). The second-order valence-electron chi connectivity index (χ2n) is 6.67. The maximum Gasteiger partial charge on any atom is 0.251 e. The third-order valence-corrected chi connectivity index (χ3v) is 5.04. The zero-order valence-electron chi connectivity index (χ0n) is 14.5. The minimum Gasteiger partial charge on any atom is -0.352 e. The van der Waals surface area contributed by atoms with Crippen LogP contribution in [0.15, 0.2) is 54.9 Å². The van der Waals surface area contributed by atoms with E-state index in [0.29, 0.717) is 18.5 Å². The number of hydrogen-bond donors (Lipinski definition) is 2. The number of benzene rings is 2. The number of imidazole rings is 1. The van der Waals surface area contributed by atoms with Crippen molar-refractivity contribution in [2.75, 3.05) is 13.6 Å². The number of rotatable bonds is 4. The fourth-order valence-corrected chi connectivity index (χ4v) is 3.68. The lowest BCUT2D eigenvalue weighted by atomic mass is 9.93. The molecule has 0 saturated carbocycles. The normalized spacial score (nSPS) is 19.9. The maximum atomic E-state index is 12.5. The molecule has 0 radical (unpaired) electrons. The molecule has 26 heavy (non-hydrogen) atoms. The Bertz CT molecular complexity index is 951. The lowest BCUT2D eigenvalue weighted by Gasteiger charge is -2.25. The van der Waals surface area contributed by atoms with Crippen LogP contribution in [0.3, 0.4) is 0 Å². The zero-order chi connectivity index (χ0) is 18.1. The zero-order valence-corrected chi connectivity index (χ0v) is 14.5. The number of nitrogens with one attached hydrogen (secondary N) is 2. The van der Waals surface area contributed by atoms with Gasteiger partial charge in [-0.3, -0.25) is 9.59 Å². The third-order valence-electron chi connectivity index (χ3n) is 5.04. The van der Waals surface area contributed by atoms with E-state index in [4.69, 9.17) is 0 Å². The summed E-state index contributed by atoms with van der Waals surface area (Å²) in [5.74, 6) is 0.0158. The number of aromatic nitrogens is 2. The number of nitrogens with zero attached hydrogens (tertiary/aromatic N) is 2. The first-order valence-electron chi connectivity index (χ1n) is 8.65. The second kappa shape index (κ2) is 6.63. The molecular formula is C20H20N4O2. The number of carbonyl (C=O) groups excluding carboxylic acids is 2. The van der Waals surface area contributed by atoms with E-state index in [0.717, 1.165) is 16.6 Å². The fourth-order valence-electron chi connectivity index (χ4n) is 3.68. The highest BCUT2D eigenvalue weighted by Crippen LogP contribution is 2.36. The van der Waals surface area contributed by atoms with Crippen molar-refractivity contribution in [3.05, 3.63) is 66.0 Å². The van der Waals surface area contributed by atoms with Crippen LogP contribution in [0.1, 0.15) is 28.4 Å². The van der Waals surface area contributed by atoms with Gasteiger partial charge in [-0.2, -0.15) is 0 Å². The summed E-state index contributed by atoms with van der Waals surface area (Å²) in [6.07, 6.45) is 2.05. The van der Waals surface area contributed by atoms with Gasteiger partial charge in [-0.15, -0.1) is 0 Å². The second-order valence-corrected chi connectivity index (χ2v) is 6.67. The van der Waals surface area contributed by atoms with Crippen LogP contribution in [0.25, 0.3) is 11.0 Å². The summed E-state index contributed by atoms with van der Waals surface area (Å²) in [6.45, 7) is 0.454. The predicted octanol–water partition coefficient (Wildman–Crippen LogP) is 2.51. The molecule has 2 atom stereocenters. The predicted molar refractivity (Wildman–Crippen MR) is 98.5 cm³/mol. The molecule has 1 aromatic heterocycles. The molecule has 1 aliphatic rings. The van der Waals surface area contributed by atoms with Crippen molar-refractivity contribution in [3.63, 3.8) is 0 Å². The fraction of sp³-hybridized carbons (Fsp3) is 0.250. The van der Waals surface area contributed by atoms with Crippen LogP contribution in [0.5, 0.6) is 0 Å². The quantitative estimate of drug-likeness (QED) is 0.760. The van der Waals surface area contributed by atoms with E-state index in [-0.39, 0.29) is 23.8 Å². The summed E-state index contributed by atoms with van der Waals surface area (Å²) in [5, 5.41) is 2.99. The number of fused-ring (bicyclic) bond motifs is 1. The van der Waals surface area contributed by atoms with Gasteiger partial charge in [0, 0.05) is 31.5 Å². The molecule has 0 aliphatic carbocycles. The minimum absolute atomic E-state index is 0.0147.